The van der Waals surface area contributed by atoms with E-state index in [2.05, 4.69) is 11.7 Å². The van der Waals surface area contributed by atoms with Gasteiger partial charge in [0.05, 0.1) is 6.61 Å². The van der Waals surface area contributed by atoms with E-state index in [0.29, 0.717) is 17.8 Å². The molecule has 1 N–H and O–H groups in total. The Balaban J connectivity index is 1.86. The zero-order valence-corrected chi connectivity index (χ0v) is 18.9. The maximum absolute atomic E-state index is 13.7. The van der Waals surface area contributed by atoms with E-state index >= 15 is 0 Å². The highest BCUT2D eigenvalue weighted by Gasteiger charge is 2.73. The molecule has 2 bridgehead atoms. The van der Waals surface area contributed by atoms with E-state index in [4.69, 9.17) is 9.29 Å². The molecule has 0 aliphatic heterocycles. The molecule has 0 spiro atoms. The number of ether oxygens (including phenoxy) is 2. The summed E-state index contributed by atoms with van der Waals surface area (Å²) >= 11 is 0. The molecule has 0 aromatic rings. The predicted molar refractivity (Wildman–Crippen MR) is 99.8 cm³/mol. The van der Waals surface area contributed by atoms with E-state index in [1.165, 1.54) is 0 Å². The van der Waals surface area contributed by atoms with Gasteiger partial charge in [-0.25, -0.2) is 4.74 Å². The summed E-state index contributed by atoms with van der Waals surface area (Å²) in [6, 6.07) is 0. The van der Waals surface area contributed by atoms with E-state index in [9.17, 15) is 43.5 Å². The zero-order valence-electron chi connectivity index (χ0n) is 18.1. The summed E-state index contributed by atoms with van der Waals surface area (Å²) < 4.78 is 143. The van der Waals surface area contributed by atoms with Crippen LogP contribution >= 0.6 is 0 Å². The van der Waals surface area contributed by atoms with Gasteiger partial charge in [0.25, 0.3) is 0 Å². The van der Waals surface area contributed by atoms with E-state index in [0.717, 1.165) is 32.1 Å². The predicted octanol–water partition coefficient (Wildman–Crippen LogP) is 5.95. The normalized spacial score (nSPS) is 29.8. The summed E-state index contributed by atoms with van der Waals surface area (Å²) in [6.07, 6.45) is -10.2. The van der Waals surface area contributed by atoms with Crippen LogP contribution in [0.4, 0.5) is 35.1 Å². The Labute approximate surface area is 186 Å². The van der Waals surface area contributed by atoms with Gasteiger partial charge in [-0.1, -0.05) is 13.8 Å². The summed E-state index contributed by atoms with van der Waals surface area (Å²) in [4.78, 5) is 0. The molecule has 5 nitrogen and oxygen atoms in total. The summed E-state index contributed by atoms with van der Waals surface area (Å²) in [5.41, 5.74) is -0.202. The molecule has 2 fully saturated rings. The molecule has 33 heavy (non-hydrogen) atoms. The van der Waals surface area contributed by atoms with Crippen LogP contribution in [-0.2, 0) is 19.6 Å². The van der Waals surface area contributed by atoms with Crippen molar-refractivity contribution >= 4 is 10.1 Å². The first-order valence-corrected chi connectivity index (χ1v) is 11.9. The molecular formula is C19H28F8O5S. The number of halogens is 8. The van der Waals surface area contributed by atoms with Gasteiger partial charge in [-0.2, -0.15) is 43.5 Å². The van der Waals surface area contributed by atoms with Crippen molar-refractivity contribution in [1.82, 2.24) is 0 Å². The van der Waals surface area contributed by atoms with Crippen molar-refractivity contribution in [3.05, 3.63) is 0 Å². The van der Waals surface area contributed by atoms with Crippen LogP contribution in [0.25, 0.3) is 0 Å². The van der Waals surface area contributed by atoms with Gasteiger partial charge in [0.15, 0.2) is 0 Å². The first-order valence-electron chi connectivity index (χ1n) is 10.5. The Bertz CT molecular complexity index is 771. The standard InChI is InChI=1S/C19H28F8O5S/c1-12-6-13-8-14(7-12)10-15(2,9-13)11-31-5-3-4-16(20,21)17(22,23)32-18(24,25)19(26,27)33(28,29)30/h12-14H,3-11H2,1-2H3,(H,28,29,30). The quantitative estimate of drug-likeness (QED) is 0.207. The summed E-state index contributed by atoms with van der Waals surface area (Å²) in [6.45, 7) is 3.98. The summed E-state index contributed by atoms with van der Waals surface area (Å²) in [5.74, 6) is -3.65. The fourth-order valence-corrected chi connectivity index (χ4v) is 5.47. The monoisotopic (exact) mass is 520 g/mol. The Kier molecular flexibility index (Phi) is 8.10. The van der Waals surface area contributed by atoms with E-state index in [1.54, 1.807) is 0 Å². The molecule has 14 heteroatoms. The number of alkyl halides is 8. The molecule has 2 rings (SSSR count). The maximum Gasteiger partial charge on any atom is 0.460 e. The van der Waals surface area contributed by atoms with E-state index in [1.807, 2.05) is 6.92 Å². The fourth-order valence-electron chi connectivity index (χ4n) is 5.13. The molecule has 196 valence electrons. The molecule has 0 aromatic heterocycles. The van der Waals surface area contributed by atoms with Crippen molar-refractivity contribution in [1.29, 1.82) is 0 Å². The Morgan fingerprint density at radius 2 is 1.45 bits per heavy atom. The minimum absolute atomic E-state index is 0.200. The lowest BCUT2D eigenvalue weighted by Crippen LogP contribution is -2.55. The number of hydrogen-bond acceptors (Lipinski definition) is 4. The molecule has 0 radical (unpaired) electrons. The second-order valence-corrected chi connectivity index (χ2v) is 11.2. The largest absolute Gasteiger partial charge is 0.460 e. The topological polar surface area (TPSA) is 72.8 Å². The molecular weight excluding hydrogens is 492 g/mol. The molecule has 2 unspecified atom stereocenters. The second-order valence-electron chi connectivity index (χ2n) is 9.75. The summed E-state index contributed by atoms with van der Waals surface area (Å²) in [5, 5.41) is -6.58. The average Bonchev–Trinajstić information content (AvgIpc) is 2.57. The third kappa shape index (κ3) is 6.49. The molecule has 0 amide bonds. The molecule has 2 atom stereocenters. The third-order valence-electron chi connectivity index (χ3n) is 6.28. The smallest absolute Gasteiger partial charge is 0.381 e. The van der Waals surface area contributed by atoms with Gasteiger partial charge < -0.3 is 4.74 Å². The molecule has 2 aliphatic carbocycles. The first kappa shape index (κ1) is 28.5. The maximum atomic E-state index is 13.7. The van der Waals surface area contributed by atoms with Crippen LogP contribution in [0.5, 0.6) is 0 Å². The highest BCUT2D eigenvalue weighted by molar-refractivity contribution is 7.86. The number of rotatable bonds is 11. The van der Waals surface area contributed by atoms with Gasteiger partial charge in [-0.15, -0.1) is 0 Å². The zero-order chi connectivity index (χ0) is 25.5. The van der Waals surface area contributed by atoms with Crippen LogP contribution in [0.2, 0.25) is 0 Å². The second kappa shape index (κ2) is 9.38. The molecule has 2 aliphatic rings. The first-order chi connectivity index (χ1) is 14.7. The van der Waals surface area contributed by atoms with Crippen molar-refractivity contribution < 1.29 is 57.6 Å². The van der Waals surface area contributed by atoms with Crippen LogP contribution in [0, 0.1) is 23.2 Å². The lowest BCUT2D eigenvalue weighted by atomic mass is 9.60. The highest BCUT2D eigenvalue weighted by atomic mass is 32.2. The Morgan fingerprint density at radius 1 is 0.939 bits per heavy atom. The van der Waals surface area contributed by atoms with Crippen LogP contribution in [0.1, 0.15) is 58.8 Å². The van der Waals surface area contributed by atoms with E-state index < -0.39 is 53.0 Å². The van der Waals surface area contributed by atoms with Gasteiger partial charge >= 0.3 is 33.5 Å². The van der Waals surface area contributed by atoms with Crippen molar-refractivity contribution in [2.75, 3.05) is 13.2 Å². The van der Waals surface area contributed by atoms with Crippen LogP contribution in [-0.4, -0.2) is 49.6 Å². The van der Waals surface area contributed by atoms with Crippen molar-refractivity contribution in [3.63, 3.8) is 0 Å². The van der Waals surface area contributed by atoms with Crippen molar-refractivity contribution in [2.24, 2.45) is 23.2 Å². The lowest BCUT2D eigenvalue weighted by molar-refractivity contribution is -0.456. The summed E-state index contributed by atoms with van der Waals surface area (Å²) in [7, 11) is -6.93. The molecule has 0 aromatic carbocycles. The number of fused-ring (bicyclic) bond motifs is 2. The minimum atomic E-state index is -6.93. The molecule has 0 saturated heterocycles. The highest BCUT2D eigenvalue weighted by Crippen LogP contribution is 2.51. The fraction of sp³-hybridized carbons (Fsp3) is 1.00. The molecule has 2 saturated carbocycles. The van der Waals surface area contributed by atoms with Crippen molar-refractivity contribution in [3.8, 4) is 0 Å². The van der Waals surface area contributed by atoms with Gasteiger partial charge in [-0.3, -0.25) is 4.55 Å². The molecule has 0 heterocycles. The van der Waals surface area contributed by atoms with Gasteiger partial charge in [-0.05, 0) is 61.7 Å². The number of hydrogen-bond donors (Lipinski definition) is 1. The lowest BCUT2D eigenvalue weighted by Gasteiger charge is -2.47. The van der Waals surface area contributed by atoms with Gasteiger partial charge in [0, 0.05) is 13.0 Å². The Hall–Kier alpha value is -0.730. The van der Waals surface area contributed by atoms with Crippen molar-refractivity contribution in [2.45, 2.75) is 82.2 Å². The van der Waals surface area contributed by atoms with Gasteiger partial charge in [0.2, 0.25) is 0 Å². The van der Waals surface area contributed by atoms with E-state index in [-0.39, 0.29) is 12.0 Å². The van der Waals surface area contributed by atoms with Crippen LogP contribution < -0.4 is 0 Å². The van der Waals surface area contributed by atoms with Gasteiger partial charge in [0.1, 0.15) is 0 Å². The van der Waals surface area contributed by atoms with Crippen LogP contribution in [0.3, 0.4) is 0 Å². The SMILES string of the molecule is CC1CC2CC(C1)CC(C)(COCCCC(F)(F)C(F)(F)OC(F)(F)C(F)(F)S(=O)(=O)O)C2. The Morgan fingerprint density at radius 3 is 1.94 bits per heavy atom. The third-order valence-corrected chi connectivity index (χ3v) is 7.16. The average molecular weight is 520 g/mol. The minimum Gasteiger partial charge on any atom is -0.381 e. The van der Waals surface area contributed by atoms with Crippen LogP contribution in [0.15, 0.2) is 0 Å².